The third-order valence-corrected chi connectivity index (χ3v) is 2.93. The molecular formula is C9H9Ru. The van der Waals surface area contributed by atoms with Gasteiger partial charge in [-0.25, -0.2) is 0 Å². The van der Waals surface area contributed by atoms with Crippen molar-refractivity contribution in [1.29, 1.82) is 0 Å². The predicted molar refractivity (Wildman–Crippen MR) is 38.1 cm³/mol. The quantitative estimate of drug-likeness (QED) is 0.548. The minimum atomic E-state index is 1.27. The van der Waals surface area contributed by atoms with Crippen molar-refractivity contribution in [3.05, 3.63) is 33.5 Å². The van der Waals surface area contributed by atoms with Crippen molar-refractivity contribution in [1.82, 2.24) is 0 Å². The Kier molecular flexibility index (Phi) is 1.62. The van der Waals surface area contributed by atoms with E-state index in [-0.39, 0.29) is 0 Å². The van der Waals surface area contributed by atoms with Crippen LogP contribution in [0, 0.1) is 0 Å². The van der Waals surface area contributed by atoms with Crippen LogP contribution in [0.1, 0.15) is 19.3 Å². The molecule has 0 bridgehead atoms. The first-order valence-electron chi connectivity index (χ1n) is 3.63. The van der Waals surface area contributed by atoms with Gasteiger partial charge in [0.1, 0.15) is 0 Å². The molecule has 53 valence electrons. The van der Waals surface area contributed by atoms with E-state index in [9.17, 15) is 0 Å². The van der Waals surface area contributed by atoms with Gasteiger partial charge in [0.05, 0.1) is 0 Å². The fraction of sp³-hybridized carbons (Fsp3) is 0.333. The fourth-order valence-electron chi connectivity index (χ4n) is 1.50. The van der Waals surface area contributed by atoms with E-state index in [1.165, 1.54) is 29.0 Å². The van der Waals surface area contributed by atoms with Crippen molar-refractivity contribution in [2.75, 3.05) is 0 Å². The third-order valence-electron chi connectivity index (χ3n) is 2.03. The van der Waals surface area contributed by atoms with E-state index in [0.29, 0.717) is 0 Å². The molecule has 0 spiro atoms. The standard InChI is InChI=1S/C9H9.Ru/c1-2-5-9-7-3-6-8(9)4-1;/h3,6-7H,1-2,4H2;. The molecule has 1 heteroatoms. The van der Waals surface area contributed by atoms with Gasteiger partial charge in [-0.2, -0.15) is 0 Å². The van der Waals surface area contributed by atoms with E-state index in [0.717, 1.165) is 0 Å². The molecule has 2 aliphatic rings. The van der Waals surface area contributed by atoms with E-state index in [1.54, 1.807) is 5.57 Å². The summed E-state index contributed by atoms with van der Waals surface area (Å²) >= 11 is 2.75. The Morgan fingerprint density at radius 3 is 3.00 bits per heavy atom. The molecule has 0 heterocycles. The molecular weight excluding hydrogens is 209 g/mol. The Balaban J connectivity index is 2.45. The second-order valence-corrected chi connectivity index (χ2v) is 3.76. The number of allylic oxidation sites excluding steroid dienone is 6. The number of rotatable bonds is 0. The molecule has 0 amide bonds. The van der Waals surface area contributed by atoms with Gasteiger partial charge in [-0.15, -0.1) is 0 Å². The molecule has 2 rings (SSSR count). The summed E-state index contributed by atoms with van der Waals surface area (Å²) in [7, 11) is 0. The van der Waals surface area contributed by atoms with E-state index >= 15 is 0 Å². The summed E-state index contributed by atoms with van der Waals surface area (Å²) in [6.45, 7) is 0. The average Bonchev–Trinajstić information content (AvgIpc) is 2.36. The van der Waals surface area contributed by atoms with Crippen LogP contribution in [0.2, 0.25) is 0 Å². The summed E-state index contributed by atoms with van der Waals surface area (Å²) in [6.07, 6.45) is 10.5. The van der Waals surface area contributed by atoms with E-state index in [2.05, 4.69) is 36.5 Å². The van der Waals surface area contributed by atoms with Gasteiger partial charge >= 0.3 is 71.1 Å². The summed E-state index contributed by atoms with van der Waals surface area (Å²) in [5, 5.41) is 0. The molecule has 0 radical (unpaired) electrons. The van der Waals surface area contributed by atoms with Gasteiger partial charge in [-0.3, -0.25) is 0 Å². The summed E-state index contributed by atoms with van der Waals surface area (Å²) in [5.74, 6) is 0. The number of hydrogen-bond acceptors (Lipinski definition) is 0. The van der Waals surface area contributed by atoms with Gasteiger partial charge < -0.3 is 0 Å². The first-order valence-corrected chi connectivity index (χ1v) is 4.50. The van der Waals surface area contributed by atoms with Crippen molar-refractivity contribution in [2.45, 2.75) is 19.3 Å². The van der Waals surface area contributed by atoms with Crippen LogP contribution < -0.4 is 0 Å². The van der Waals surface area contributed by atoms with Crippen LogP contribution in [-0.4, -0.2) is 0 Å². The van der Waals surface area contributed by atoms with Crippen molar-refractivity contribution in [3.8, 4) is 0 Å². The summed E-state index contributed by atoms with van der Waals surface area (Å²) in [5.41, 5.74) is 3.03. The molecule has 0 nitrogen and oxygen atoms in total. The molecule has 0 atom stereocenters. The molecule has 0 saturated heterocycles. The van der Waals surface area contributed by atoms with Gasteiger partial charge in [-0.1, -0.05) is 0 Å². The second-order valence-electron chi connectivity index (χ2n) is 2.71. The zero-order valence-electron chi connectivity index (χ0n) is 5.71. The second kappa shape index (κ2) is 2.47. The first-order chi connectivity index (χ1) is 4.88. The molecule has 0 aromatic heterocycles. The number of fused-ring (bicyclic) bond motifs is 1. The molecule has 0 aliphatic heterocycles. The van der Waals surface area contributed by atoms with Crippen LogP contribution in [-0.2, 0) is 18.3 Å². The average molecular weight is 218 g/mol. The maximum atomic E-state index is 2.75. The van der Waals surface area contributed by atoms with Crippen molar-refractivity contribution < 1.29 is 18.3 Å². The van der Waals surface area contributed by atoms with E-state index in [1.807, 2.05) is 0 Å². The summed E-state index contributed by atoms with van der Waals surface area (Å²) < 4.78 is 1.51. The SMILES string of the molecule is [Ru][C]1=C2C=CC=C2CCC1. The zero-order chi connectivity index (χ0) is 6.97. The molecule has 0 fully saturated rings. The van der Waals surface area contributed by atoms with Crippen LogP contribution in [0.25, 0.3) is 0 Å². The fourth-order valence-corrected chi connectivity index (χ4v) is 2.23. The van der Waals surface area contributed by atoms with Crippen LogP contribution in [0.5, 0.6) is 0 Å². The molecule has 0 N–H and O–H groups in total. The van der Waals surface area contributed by atoms with Crippen LogP contribution in [0.3, 0.4) is 0 Å². The van der Waals surface area contributed by atoms with Gasteiger partial charge in [0, 0.05) is 0 Å². The van der Waals surface area contributed by atoms with Gasteiger partial charge in [0.25, 0.3) is 0 Å². The first kappa shape index (κ1) is 6.55. The monoisotopic (exact) mass is 219 g/mol. The van der Waals surface area contributed by atoms with Crippen LogP contribution >= 0.6 is 0 Å². The Labute approximate surface area is 71.4 Å². The van der Waals surface area contributed by atoms with Crippen molar-refractivity contribution >= 4 is 0 Å². The van der Waals surface area contributed by atoms with Gasteiger partial charge in [0.15, 0.2) is 0 Å². The number of hydrogen-bond donors (Lipinski definition) is 0. The Hall–Kier alpha value is -0.157. The molecule has 0 aromatic rings. The zero-order valence-corrected chi connectivity index (χ0v) is 7.45. The Morgan fingerprint density at radius 2 is 2.20 bits per heavy atom. The van der Waals surface area contributed by atoms with Crippen LogP contribution in [0.15, 0.2) is 33.5 Å². The molecule has 0 saturated carbocycles. The van der Waals surface area contributed by atoms with E-state index in [4.69, 9.17) is 0 Å². The van der Waals surface area contributed by atoms with Gasteiger partial charge in [0.2, 0.25) is 0 Å². The molecule has 0 aromatic carbocycles. The third kappa shape index (κ3) is 0.933. The van der Waals surface area contributed by atoms with Crippen LogP contribution in [0.4, 0.5) is 0 Å². The normalized spacial score (nSPS) is 23.1. The minimum absolute atomic E-state index is 1.27. The molecule has 2 aliphatic carbocycles. The van der Waals surface area contributed by atoms with E-state index < -0.39 is 0 Å². The predicted octanol–water partition coefficient (Wildman–Crippen LogP) is 2.47. The maximum absolute atomic E-state index is 2.75. The Morgan fingerprint density at radius 1 is 1.30 bits per heavy atom. The molecule has 0 unspecified atom stereocenters. The van der Waals surface area contributed by atoms with Gasteiger partial charge in [-0.05, 0) is 0 Å². The van der Waals surface area contributed by atoms with Crippen molar-refractivity contribution in [2.24, 2.45) is 0 Å². The summed E-state index contributed by atoms with van der Waals surface area (Å²) in [6, 6.07) is 0. The summed E-state index contributed by atoms with van der Waals surface area (Å²) in [4.78, 5) is 0. The molecule has 10 heavy (non-hydrogen) atoms. The Bertz CT molecular complexity index is 243. The van der Waals surface area contributed by atoms with Crippen molar-refractivity contribution in [3.63, 3.8) is 0 Å². The topological polar surface area (TPSA) is 0 Å².